The average molecular weight is 314 g/mol. The molecule has 0 bridgehead atoms. The number of piperidine rings is 1. The van der Waals surface area contributed by atoms with Crippen LogP contribution in [-0.2, 0) is 0 Å². The van der Waals surface area contributed by atoms with E-state index >= 15 is 0 Å². The van der Waals surface area contributed by atoms with Gasteiger partial charge in [-0.3, -0.25) is 4.79 Å². The van der Waals surface area contributed by atoms with Crippen molar-refractivity contribution in [2.24, 2.45) is 5.92 Å². The molecule has 1 amide bonds. The number of nitrogens with zero attached hydrogens (tertiary/aromatic N) is 1. The third kappa shape index (κ3) is 3.39. The Morgan fingerprint density at radius 3 is 2.77 bits per heavy atom. The van der Waals surface area contributed by atoms with E-state index in [-0.39, 0.29) is 11.9 Å². The molecule has 1 fully saturated rings. The zero-order valence-corrected chi connectivity index (χ0v) is 13.9. The van der Waals surface area contributed by atoms with Crippen molar-refractivity contribution < 1.29 is 4.79 Å². The van der Waals surface area contributed by atoms with Crippen LogP contribution in [0.1, 0.15) is 23.0 Å². The maximum atomic E-state index is 12.5. The third-order valence-corrected chi connectivity index (χ3v) is 5.50. The Balaban J connectivity index is 1.69. The van der Waals surface area contributed by atoms with E-state index in [4.69, 9.17) is 0 Å². The number of nitrogens with one attached hydrogen (secondary N) is 1. The summed E-state index contributed by atoms with van der Waals surface area (Å²) in [5.74, 6) is 0.591. The second kappa shape index (κ2) is 6.63. The average Bonchev–Trinajstić information content (AvgIpc) is 3.02. The number of likely N-dealkylation sites (tertiary alicyclic amines) is 1. The van der Waals surface area contributed by atoms with Crippen LogP contribution in [0.3, 0.4) is 0 Å². The molecular formula is C18H22N2OS. The molecule has 1 aliphatic rings. The quantitative estimate of drug-likeness (QED) is 0.940. The largest absolute Gasteiger partial charge is 0.347 e. The van der Waals surface area contributed by atoms with Gasteiger partial charge < -0.3 is 10.2 Å². The van der Waals surface area contributed by atoms with Gasteiger partial charge >= 0.3 is 0 Å². The van der Waals surface area contributed by atoms with Gasteiger partial charge in [0, 0.05) is 17.5 Å². The van der Waals surface area contributed by atoms with Gasteiger partial charge in [0.25, 0.3) is 5.91 Å². The van der Waals surface area contributed by atoms with Gasteiger partial charge in [-0.15, -0.1) is 11.3 Å². The number of carbonyl (C=O) groups excluding carboxylic acids is 1. The summed E-state index contributed by atoms with van der Waals surface area (Å²) in [6, 6.07) is 14.4. The van der Waals surface area contributed by atoms with Gasteiger partial charge in [0.2, 0.25) is 0 Å². The van der Waals surface area contributed by atoms with Gasteiger partial charge in [0.1, 0.15) is 0 Å². The molecule has 1 unspecified atom stereocenters. The Labute approximate surface area is 136 Å². The lowest BCUT2D eigenvalue weighted by Gasteiger charge is -2.35. The van der Waals surface area contributed by atoms with E-state index in [9.17, 15) is 4.79 Å². The van der Waals surface area contributed by atoms with Gasteiger partial charge in [-0.2, -0.15) is 0 Å². The van der Waals surface area contributed by atoms with E-state index in [1.54, 1.807) is 11.3 Å². The summed E-state index contributed by atoms with van der Waals surface area (Å²) in [6.07, 6.45) is 1.14. The number of thiophene rings is 1. The predicted octanol–water partition coefficient (Wildman–Crippen LogP) is 3.49. The Kier molecular flexibility index (Phi) is 4.60. The number of hydrogen-bond donors (Lipinski definition) is 1. The highest BCUT2D eigenvalue weighted by atomic mass is 32.1. The second-order valence-electron chi connectivity index (χ2n) is 6.14. The minimum Gasteiger partial charge on any atom is -0.347 e. The first kappa shape index (κ1) is 15.3. The lowest BCUT2D eigenvalue weighted by molar-refractivity contribution is 0.0884. The number of benzene rings is 1. The SMILES string of the molecule is CC1CCN(C)C[C@@H]1NC(=O)c1ccc(-c2ccccc2)s1. The number of amides is 1. The van der Waals surface area contributed by atoms with E-state index in [0.29, 0.717) is 5.92 Å². The maximum Gasteiger partial charge on any atom is 0.261 e. The third-order valence-electron chi connectivity index (χ3n) is 4.37. The van der Waals surface area contributed by atoms with E-state index in [2.05, 4.69) is 36.3 Å². The number of carbonyl (C=O) groups is 1. The highest BCUT2D eigenvalue weighted by Gasteiger charge is 2.26. The Bertz CT molecular complexity index is 638. The van der Waals surface area contributed by atoms with Gasteiger partial charge in [-0.1, -0.05) is 37.3 Å². The summed E-state index contributed by atoms with van der Waals surface area (Å²) in [6.45, 7) is 4.27. The molecule has 3 nitrogen and oxygen atoms in total. The lowest BCUT2D eigenvalue weighted by atomic mass is 9.94. The van der Waals surface area contributed by atoms with Crippen LogP contribution >= 0.6 is 11.3 Å². The molecule has 116 valence electrons. The number of likely N-dealkylation sites (N-methyl/N-ethyl adjacent to an activating group) is 1. The number of rotatable bonds is 3. The van der Waals surface area contributed by atoms with Crippen LogP contribution in [0.15, 0.2) is 42.5 Å². The fourth-order valence-corrected chi connectivity index (χ4v) is 3.79. The van der Waals surface area contributed by atoms with Crippen LogP contribution in [0.5, 0.6) is 0 Å². The summed E-state index contributed by atoms with van der Waals surface area (Å²) in [5, 5.41) is 3.21. The monoisotopic (exact) mass is 314 g/mol. The first-order valence-electron chi connectivity index (χ1n) is 7.78. The highest BCUT2D eigenvalue weighted by molar-refractivity contribution is 7.17. The van der Waals surface area contributed by atoms with Crippen LogP contribution < -0.4 is 5.32 Å². The van der Waals surface area contributed by atoms with Crippen LogP contribution in [0, 0.1) is 5.92 Å². The molecule has 2 aromatic rings. The highest BCUT2D eigenvalue weighted by Crippen LogP contribution is 2.28. The molecule has 2 heterocycles. The first-order chi connectivity index (χ1) is 10.6. The normalized spacial score (nSPS) is 22.5. The van der Waals surface area contributed by atoms with Gasteiger partial charge in [-0.25, -0.2) is 0 Å². The predicted molar refractivity (Wildman–Crippen MR) is 92.3 cm³/mol. The van der Waals surface area contributed by atoms with E-state index < -0.39 is 0 Å². The molecule has 3 rings (SSSR count). The van der Waals surface area contributed by atoms with Crippen LogP contribution in [0.25, 0.3) is 10.4 Å². The lowest BCUT2D eigenvalue weighted by Crippen LogP contribution is -2.50. The molecule has 1 N–H and O–H groups in total. The number of hydrogen-bond acceptors (Lipinski definition) is 3. The van der Waals surface area contributed by atoms with E-state index in [1.165, 1.54) is 0 Å². The van der Waals surface area contributed by atoms with Crippen molar-refractivity contribution in [2.45, 2.75) is 19.4 Å². The summed E-state index contributed by atoms with van der Waals surface area (Å²) in [7, 11) is 2.11. The Hall–Kier alpha value is -1.65. The van der Waals surface area contributed by atoms with Crippen LogP contribution in [0.2, 0.25) is 0 Å². The zero-order valence-electron chi connectivity index (χ0n) is 13.1. The molecule has 2 atom stereocenters. The molecule has 1 aromatic heterocycles. The summed E-state index contributed by atoms with van der Waals surface area (Å²) < 4.78 is 0. The molecule has 1 saturated heterocycles. The van der Waals surface area contributed by atoms with Gasteiger partial charge in [-0.05, 0) is 43.6 Å². The molecule has 0 spiro atoms. The zero-order chi connectivity index (χ0) is 15.5. The minimum absolute atomic E-state index is 0.0549. The van der Waals surface area contributed by atoms with Crippen molar-refractivity contribution in [2.75, 3.05) is 20.1 Å². The molecule has 4 heteroatoms. The van der Waals surface area contributed by atoms with E-state index in [0.717, 1.165) is 34.8 Å². The summed E-state index contributed by atoms with van der Waals surface area (Å²) >= 11 is 1.56. The molecular weight excluding hydrogens is 292 g/mol. The fourth-order valence-electron chi connectivity index (χ4n) is 2.88. The summed E-state index contributed by atoms with van der Waals surface area (Å²) in [5.41, 5.74) is 1.16. The standard InChI is InChI=1S/C18H22N2OS/c1-13-10-11-20(2)12-15(13)19-18(21)17-9-8-16(22-17)14-6-4-3-5-7-14/h3-9,13,15H,10-12H2,1-2H3,(H,19,21)/t13?,15-/m0/s1. The molecule has 0 aliphatic carbocycles. The Morgan fingerprint density at radius 1 is 1.23 bits per heavy atom. The minimum atomic E-state index is 0.0549. The van der Waals surface area contributed by atoms with E-state index in [1.807, 2.05) is 30.3 Å². The van der Waals surface area contributed by atoms with Gasteiger partial charge in [0.05, 0.1) is 4.88 Å². The Morgan fingerprint density at radius 2 is 2.00 bits per heavy atom. The van der Waals surface area contributed by atoms with Crippen molar-refractivity contribution >= 4 is 17.2 Å². The van der Waals surface area contributed by atoms with Gasteiger partial charge in [0.15, 0.2) is 0 Å². The molecule has 22 heavy (non-hydrogen) atoms. The van der Waals surface area contributed by atoms with Crippen molar-refractivity contribution in [1.82, 2.24) is 10.2 Å². The van der Waals surface area contributed by atoms with Crippen molar-refractivity contribution in [3.05, 3.63) is 47.3 Å². The maximum absolute atomic E-state index is 12.5. The van der Waals surface area contributed by atoms with Crippen LogP contribution in [-0.4, -0.2) is 37.0 Å². The first-order valence-corrected chi connectivity index (χ1v) is 8.60. The van der Waals surface area contributed by atoms with Crippen molar-refractivity contribution in [3.63, 3.8) is 0 Å². The molecule has 0 saturated carbocycles. The van der Waals surface area contributed by atoms with Crippen molar-refractivity contribution in [1.29, 1.82) is 0 Å². The molecule has 1 aliphatic heterocycles. The summed E-state index contributed by atoms with van der Waals surface area (Å²) in [4.78, 5) is 16.7. The smallest absolute Gasteiger partial charge is 0.261 e. The molecule has 1 aromatic carbocycles. The van der Waals surface area contributed by atoms with Crippen LogP contribution in [0.4, 0.5) is 0 Å². The van der Waals surface area contributed by atoms with Crippen molar-refractivity contribution in [3.8, 4) is 10.4 Å². The fraction of sp³-hybridized carbons (Fsp3) is 0.389. The molecule has 0 radical (unpaired) electrons. The second-order valence-corrected chi connectivity index (χ2v) is 7.22. The topological polar surface area (TPSA) is 32.3 Å².